The molecule has 3 aromatic carbocycles. The second-order valence-electron chi connectivity index (χ2n) is 5.89. The molecule has 3 rings (SSSR count). The maximum Gasteiger partial charge on any atom is 1.00 e. The van der Waals surface area contributed by atoms with Crippen LogP contribution in [0.2, 0.25) is 0 Å². The van der Waals surface area contributed by atoms with Crippen molar-refractivity contribution in [3.63, 3.8) is 0 Å². The van der Waals surface area contributed by atoms with Gasteiger partial charge in [0.2, 0.25) is 0 Å². The van der Waals surface area contributed by atoms with E-state index < -0.39 is 11.5 Å². The van der Waals surface area contributed by atoms with Gasteiger partial charge in [-0.3, -0.25) is 0 Å². The summed E-state index contributed by atoms with van der Waals surface area (Å²) in [6.07, 6.45) is 1.24. The first-order chi connectivity index (χ1) is 13.6. The quantitative estimate of drug-likeness (QED) is 0.199. The topological polar surface area (TPSA) is 234 Å². The smallest absolute Gasteiger partial charge is 0.544 e. The Balaban J connectivity index is -0.000000750. The van der Waals surface area contributed by atoms with Gasteiger partial charge >= 0.3 is 29.6 Å². The SMILES string of the molecule is COc1cc(N(c2ccccc2)c2ccccc2)ccc1/C=C(\C#N)C(=O)[O-].O.O.O.O.O.[Na+]. The van der Waals surface area contributed by atoms with Crippen LogP contribution in [-0.4, -0.2) is 40.5 Å². The Morgan fingerprint density at radius 1 is 0.853 bits per heavy atom. The van der Waals surface area contributed by atoms with Crippen LogP contribution >= 0.6 is 0 Å². The molecule has 0 heterocycles. The largest absolute Gasteiger partial charge is 1.00 e. The molecule has 0 saturated carbocycles. The van der Waals surface area contributed by atoms with Gasteiger partial charge in [-0.1, -0.05) is 36.4 Å². The fraction of sp³-hybridized carbons (Fsp3) is 0.0435. The number of aliphatic carboxylic acids is 1. The van der Waals surface area contributed by atoms with E-state index in [0.29, 0.717) is 11.3 Å². The van der Waals surface area contributed by atoms with Crippen LogP contribution in [0.1, 0.15) is 5.56 Å². The van der Waals surface area contributed by atoms with E-state index in [0.717, 1.165) is 17.1 Å². The van der Waals surface area contributed by atoms with Crippen molar-refractivity contribution in [2.24, 2.45) is 0 Å². The van der Waals surface area contributed by atoms with Crippen molar-refractivity contribution in [3.8, 4) is 11.8 Å². The first-order valence-corrected chi connectivity index (χ1v) is 8.55. The van der Waals surface area contributed by atoms with E-state index in [9.17, 15) is 9.90 Å². The fourth-order valence-corrected chi connectivity index (χ4v) is 2.85. The zero-order chi connectivity index (χ0) is 19.9. The molecular formula is C23H27N2NaO8. The second-order valence-corrected chi connectivity index (χ2v) is 5.89. The zero-order valence-corrected chi connectivity index (χ0v) is 20.7. The molecule has 0 fully saturated rings. The fourth-order valence-electron chi connectivity index (χ4n) is 2.85. The monoisotopic (exact) mass is 482 g/mol. The third kappa shape index (κ3) is 8.95. The van der Waals surface area contributed by atoms with Gasteiger partial charge in [0.15, 0.2) is 0 Å². The first-order valence-electron chi connectivity index (χ1n) is 8.55. The molecule has 34 heavy (non-hydrogen) atoms. The summed E-state index contributed by atoms with van der Waals surface area (Å²) < 4.78 is 5.44. The van der Waals surface area contributed by atoms with Crippen LogP contribution in [0.3, 0.4) is 0 Å². The number of nitrogens with zero attached hydrogens (tertiary/aromatic N) is 2. The Morgan fingerprint density at radius 3 is 1.71 bits per heavy atom. The third-order valence-electron chi connectivity index (χ3n) is 4.14. The number of ether oxygens (including phenoxy) is 1. The predicted molar refractivity (Wildman–Crippen MR) is 124 cm³/mol. The molecule has 0 aliphatic heterocycles. The van der Waals surface area contributed by atoms with E-state index in [1.165, 1.54) is 13.2 Å². The number of hydrogen-bond acceptors (Lipinski definition) is 5. The number of methoxy groups -OCH3 is 1. The standard InChI is InChI=1S/C23H18N2O3.Na.5H2O/c1-28-22-15-21(13-12-17(22)14-18(16-24)23(26)27)25(19-8-4-2-5-9-19)20-10-6-3-7-11-20;;;;;;/h2-15H,1H3,(H,26,27);;5*1H2/q;+1;;;;;/p-1/b18-14+;;;;;;. The van der Waals surface area contributed by atoms with Crippen LogP contribution in [0.15, 0.2) is 84.4 Å². The summed E-state index contributed by atoms with van der Waals surface area (Å²) in [5, 5.41) is 20.0. The molecule has 178 valence electrons. The predicted octanol–water partition coefficient (Wildman–Crippen LogP) is -3.30. The van der Waals surface area contributed by atoms with Crippen molar-refractivity contribution in [1.29, 1.82) is 5.26 Å². The zero-order valence-electron chi connectivity index (χ0n) is 18.7. The number of nitriles is 1. The average Bonchev–Trinajstić information content (AvgIpc) is 2.74. The number of carbonyl (C=O) groups excluding carboxylic acids is 1. The van der Waals surface area contributed by atoms with Crippen molar-refractivity contribution in [3.05, 3.63) is 90.0 Å². The minimum Gasteiger partial charge on any atom is -0.544 e. The van der Waals surface area contributed by atoms with Crippen molar-refractivity contribution in [1.82, 2.24) is 0 Å². The van der Waals surface area contributed by atoms with Gasteiger partial charge in [0.05, 0.1) is 18.7 Å². The van der Waals surface area contributed by atoms with Gasteiger partial charge < -0.3 is 46.9 Å². The average molecular weight is 482 g/mol. The Hall–Kier alpha value is -3.24. The molecule has 0 amide bonds. The molecule has 0 spiro atoms. The van der Waals surface area contributed by atoms with Crippen molar-refractivity contribution >= 4 is 29.1 Å². The molecule has 0 aromatic heterocycles. The molecule has 10 N–H and O–H groups in total. The van der Waals surface area contributed by atoms with Crippen LogP contribution in [0, 0.1) is 11.3 Å². The molecule has 10 nitrogen and oxygen atoms in total. The Bertz CT molecular complexity index is 1020. The summed E-state index contributed by atoms with van der Waals surface area (Å²) in [4.78, 5) is 13.1. The number of hydrogen-bond donors (Lipinski definition) is 0. The van der Waals surface area contributed by atoms with Gasteiger partial charge in [-0.2, -0.15) is 5.26 Å². The third-order valence-corrected chi connectivity index (χ3v) is 4.14. The maximum atomic E-state index is 11.0. The summed E-state index contributed by atoms with van der Waals surface area (Å²) in [6.45, 7) is 0. The maximum absolute atomic E-state index is 11.0. The molecule has 0 saturated heterocycles. The number of rotatable bonds is 6. The van der Waals surface area contributed by atoms with Gasteiger partial charge in [-0.15, -0.1) is 0 Å². The van der Waals surface area contributed by atoms with Crippen LogP contribution < -0.4 is 44.3 Å². The summed E-state index contributed by atoms with van der Waals surface area (Å²) >= 11 is 0. The number of carboxylic acid groups (broad SMARTS) is 1. The summed E-state index contributed by atoms with van der Waals surface area (Å²) in [7, 11) is 1.50. The number of para-hydroxylation sites is 2. The van der Waals surface area contributed by atoms with Crippen molar-refractivity contribution in [2.75, 3.05) is 12.0 Å². The van der Waals surface area contributed by atoms with Crippen LogP contribution in [0.5, 0.6) is 5.75 Å². The molecule has 0 bridgehead atoms. The Labute approximate surface area is 219 Å². The Morgan fingerprint density at radius 2 is 1.32 bits per heavy atom. The van der Waals surface area contributed by atoms with Gasteiger partial charge in [0.1, 0.15) is 11.8 Å². The van der Waals surface area contributed by atoms with Gasteiger partial charge in [0.25, 0.3) is 0 Å². The molecule has 11 heteroatoms. The van der Waals surface area contributed by atoms with E-state index in [2.05, 4.69) is 4.90 Å². The van der Waals surface area contributed by atoms with Crippen LogP contribution in [-0.2, 0) is 4.79 Å². The molecule has 3 aromatic rings. The minimum atomic E-state index is -1.52. The summed E-state index contributed by atoms with van der Waals surface area (Å²) in [5.41, 5.74) is 2.78. The second kappa shape index (κ2) is 18.2. The minimum absolute atomic E-state index is 0. The number of carbonyl (C=O) groups is 1. The summed E-state index contributed by atoms with van der Waals surface area (Å²) in [5.74, 6) is -1.08. The van der Waals surface area contributed by atoms with Gasteiger partial charge in [-0.25, -0.2) is 0 Å². The molecule has 0 atom stereocenters. The van der Waals surface area contributed by atoms with Crippen LogP contribution in [0.25, 0.3) is 6.08 Å². The van der Waals surface area contributed by atoms with Crippen LogP contribution in [0.4, 0.5) is 17.1 Å². The van der Waals surface area contributed by atoms with E-state index in [4.69, 9.17) is 10.00 Å². The molecule has 0 aliphatic rings. The molecule has 0 aliphatic carbocycles. The molecule has 0 radical (unpaired) electrons. The Kier molecular flexibility index (Phi) is 20.4. The normalized spacial score (nSPS) is 8.88. The number of benzene rings is 3. The first kappa shape index (κ1) is 38.0. The van der Waals surface area contributed by atoms with E-state index >= 15 is 0 Å². The number of carboxylic acids is 1. The summed E-state index contributed by atoms with van der Waals surface area (Å²) in [6, 6.07) is 26.7. The molecular weight excluding hydrogens is 455 g/mol. The van der Waals surface area contributed by atoms with E-state index in [-0.39, 0.29) is 56.9 Å². The van der Waals surface area contributed by atoms with Crippen molar-refractivity contribution < 1.29 is 71.6 Å². The van der Waals surface area contributed by atoms with E-state index in [1.807, 2.05) is 66.7 Å². The van der Waals surface area contributed by atoms with Gasteiger partial charge in [-0.05, 0) is 42.5 Å². The van der Waals surface area contributed by atoms with Crippen molar-refractivity contribution in [2.45, 2.75) is 0 Å². The number of anilines is 3. The van der Waals surface area contributed by atoms with E-state index in [1.54, 1.807) is 18.2 Å². The van der Waals surface area contributed by atoms with Gasteiger partial charge in [0, 0.05) is 28.7 Å². The molecule has 0 unspecified atom stereocenters.